The van der Waals surface area contributed by atoms with Crippen LogP contribution < -0.4 is 5.73 Å². The summed E-state index contributed by atoms with van der Waals surface area (Å²) in [5.74, 6) is 4.91. The maximum atomic E-state index is 13.3. The van der Waals surface area contributed by atoms with Crippen LogP contribution in [0.1, 0.15) is 11.1 Å². The zero-order valence-corrected chi connectivity index (χ0v) is 10.1. The smallest absolute Gasteiger partial charge is 0.251 e. The van der Waals surface area contributed by atoms with Crippen LogP contribution in [0.15, 0.2) is 18.2 Å². The average molecular weight is 256 g/mol. The molecule has 0 heterocycles. The average Bonchev–Trinajstić information content (AvgIpc) is 2.24. The molecular weight excluding hydrogens is 241 g/mol. The molecule has 0 atom stereocenters. The predicted octanol–water partition coefficient (Wildman–Crippen LogP) is 1.83. The van der Waals surface area contributed by atoms with Gasteiger partial charge in [0, 0.05) is 12.1 Å². The highest BCUT2D eigenvalue weighted by Crippen LogP contribution is 2.11. The fourth-order valence-electron chi connectivity index (χ4n) is 1.58. The standard InChI is InChI=1S/C13H15F3N2/c1-18(9-13(15)16)8-11-5-10(3-2-4-17)6-12(14)7-11/h5-7,13H,4,8-9,17H2,1H3. The van der Waals surface area contributed by atoms with E-state index in [1.807, 2.05) is 0 Å². The van der Waals surface area contributed by atoms with Crippen molar-refractivity contribution in [3.63, 3.8) is 0 Å². The summed E-state index contributed by atoms with van der Waals surface area (Å²) in [5.41, 5.74) is 6.34. The lowest BCUT2D eigenvalue weighted by Gasteiger charge is -2.16. The van der Waals surface area contributed by atoms with Crippen LogP contribution in [0.2, 0.25) is 0 Å². The zero-order chi connectivity index (χ0) is 13.5. The molecule has 1 rings (SSSR count). The number of nitrogens with two attached hydrogens (primary N) is 1. The van der Waals surface area contributed by atoms with Crippen LogP contribution in [-0.4, -0.2) is 31.5 Å². The minimum Gasteiger partial charge on any atom is -0.320 e. The van der Waals surface area contributed by atoms with Crippen molar-refractivity contribution in [1.82, 2.24) is 4.90 Å². The number of nitrogens with zero attached hydrogens (tertiary/aromatic N) is 1. The first-order chi connectivity index (χ1) is 8.51. The highest BCUT2D eigenvalue weighted by Gasteiger charge is 2.09. The fraction of sp³-hybridized carbons (Fsp3) is 0.385. The monoisotopic (exact) mass is 256 g/mol. The van der Waals surface area contributed by atoms with Crippen LogP contribution >= 0.6 is 0 Å². The molecule has 1 aromatic carbocycles. The quantitative estimate of drug-likeness (QED) is 0.833. The maximum Gasteiger partial charge on any atom is 0.251 e. The third kappa shape index (κ3) is 5.21. The van der Waals surface area contributed by atoms with Crippen molar-refractivity contribution in [1.29, 1.82) is 0 Å². The van der Waals surface area contributed by atoms with Crippen molar-refractivity contribution >= 4 is 0 Å². The molecule has 18 heavy (non-hydrogen) atoms. The van der Waals surface area contributed by atoms with Crippen LogP contribution in [0, 0.1) is 17.7 Å². The number of halogens is 3. The molecule has 0 aliphatic rings. The van der Waals surface area contributed by atoms with Crippen molar-refractivity contribution in [2.75, 3.05) is 20.1 Å². The molecule has 98 valence electrons. The number of hydrogen-bond donors (Lipinski definition) is 1. The third-order valence-electron chi connectivity index (χ3n) is 2.19. The molecule has 2 nitrogen and oxygen atoms in total. The molecule has 0 aliphatic carbocycles. The number of hydrogen-bond acceptors (Lipinski definition) is 2. The lowest BCUT2D eigenvalue weighted by molar-refractivity contribution is 0.0975. The van der Waals surface area contributed by atoms with Crippen molar-refractivity contribution in [2.24, 2.45) is 5.73 Å². The highest BCUT2D eigenvalue weighted by molar-refractivity contribution is 5.37. The summed E-state index contributed by atoms with van der Waals surface area (Å²) in [6, 6.07) is 4.28. The molecule has 0 radical (unpaired) electrons. The van der Waals surface area contributed by atoms with Gasteiger partial charge in [-0.05, 0) is 30.8 Å². The van der Waals surface area contributed by atoms with Crippen molar-refractivity contribution in [2.45, 2.75) is 13.0 Å². The van der Waals surface area contributed by atoms with Crippen LogP contribution in [0.25, 0.3) is 0 Å². The minimum atomic E-state index is -2.40. The van der Waals surface area contributed by atoms with Gasteiger partial charge in [0.15, 0.2) is 0 Å². The van der Waals surface area contributed by atoms with Crippen LogP contribution in [0.3, 0.4) is 0 Å². The molecule has 0 saturated heterocycles. The molecule has 1 aromatic rings. The summed E-state index contributed by atoms with van der Waals surface area (Å²) in [6.07, 6.45) is -2.40. The Labute approximate surface area is 105 Å². The predicted molar refractivity (Wildman–Crippen MR) is 64.7 cm³/mol. The first-order valence-electron chi connectivity index (χ1n) is 5.46. The van der Waals surface area contributed by atoms with E-state index < -0.39 is 12.2 Å². The molecular formula is C13H15F3N2. The minimum absolute atomic E-state index is 0.192. The van der Waals surface area contributed by atoms with Crippen LogP contribution in [0.5, 0.6) is 0 Å². The molecule has 0 bridgehead atoms. The maximum absolute atomic E-state index is 13.3. The molecule has 2 N–H and O–H groups in total. The van der Waals surface area contributed by atoms with Gasteiger partial charge in [-0.2, -0.15) is 0 Å². The first kappa shape index (κ1) is 14.6. The Balaban J connectivity index is 2.79. The van der Waals surface area contributed by atoms with E-state index in [4.69, 9.17) is 5.73 Å². The van der Waals surface area contributed by atoms with Gasteiger partial charge in [0.05, 0.1) is 13.1 Å². The fourth-order valence-corrected chi connectivity index (χ4v) is 1.58. The van der Waals surface area contributed by atoms with Crippen LogP contribution in [-0.2, 0) is 6.54 Å². The Hall–Kier alpha value is -1.51. The van der Waals surface area contributed by atoms with E-state index in [1.165, 1.54) is 17.0 Å². The van der Waals surface area contributed by atoms with Gasteiger partial charge in [-0.25, -0.2) is 13.2 Å². The van der Waals surface area contributed by atoms with Gasteiger partial charge in [0.2, 0.25) is 0 Å². The van der Waals surface area contributed by atoms with Gasteiger partial charge in [0.1, 0.15) is 5.82 Å². The molecule has 0 spiro atoms. The second-order valence-electron chi connectivity index (χ2n) is 3.94. The Morgan fingerprint density at radius 1 is 1.33 bits per heavy atom. The van der Waals surface area contributed by atoms with Gasteiger partial charge in [0.25, 0.3) is 6.43 Å². The number of alkyl halides is 2. The van der Waals surface area contributed by atoms with E-state index in [1.54, 1.807) is 13.1 Å². The van der Waals surface area contributed by atoms with E-state index in [0.717, 1.165) is 0 Å². The molecule has 0 amide bonds. The molecule has 0 saturated carbocycles. The summed E-state index contributed by atoms with van der Waals surface area (Å²) in [5, 5.41) is 0. The topological polar surface area (TPSA) is 29.3 Å². The highest BCUT2D eigenvalue weighted by atomic mass is 19.3. The van der Waals surface area contributed by atoms with Gasteiger partial charge in [-0.15, -0.1) is 0 Å². The zero-order valence-electron chi connectivity index (χ0n) is 10.1. The SMILES string of the molecule is CN(Cc1cc(F)cc(C#CCN)c1)CC(F)F. The Morgan fingerprint density at radius 2 is 2.06 bits per heavy atom. The molecule has 0 fully saturated rings. The largest absolute Gasteiger partial charge is 0.320 e. The van der Waals surface area contributed by atoms with E-state index in [0.29, 0.717) is 11.1 Å². The normalized spacial score (nSPS) is 10.6. The summed E-state index contributed by atoms with van der Waals surface area (Å²) < 4.78 is 37.6. The van der Waals surface area contributed by atoms with E-state index >= 15 is 0 Å². The van der Waals surface area contributed by atoms with E-state index in [2.05, 4.69) is 11.8 Å². The van der Waals surface area contributed by atoms with Crippen LogP contribution in [0.4, 0.5) is 13.2 Å². The molecule has 0 aliphatic heterocycles. The van der Waals surface area contributed by atoms with E-state index in [9.17, 15) is 13.2 Å². The van der Waals surface area contributed by atoms with E-state index in [-0.39, 0.29) is 19.6 Å². The van der Waals surface area contributed by atoms with Crippen molar-refractivity contribution in [3.8, 4) is 11.8 Å². The number of benzene rings is 1. The second kappa shape index (κ2) is 7.04. The summed E-state index contributed by atoms with van der Waals surface area (Å²) in [7, 11) is 1.56. The summed E-state index contributed by atoms with van der Waals surface area (Å²) in [4.78, 5) is 1.43. The molecule has 5 heteroatoms. The van der Waals surface area contributed by atoms with Gasteiger partial charge in [-0.1, -0.05) is 11.8 Å². The van der Waals surface area contributed by atoms with Crippen molar-refractivity contribution in [3.05, 3.63) is 35.1 Å². The van der Waals surface area contributed by atoms with Gasteiger partial charge in [-0.3, -0.25) is 4.90 Å². The molecule has 0 aromatic heterocycles. The third-order valence-corrected chi connectivity index (χ3v) is 2.19. The first-order valence-corrected chi connectivity index (χ1v) is 5.46. The Bertz CT molecular complexity index is 449. The summed E-state index contributed by atoms with van der Waals surface area (Å²) in [6.45, 7) is 0.0941. The Morgan fingerprint density at radius 3 is 2.67 bits per heavy atom. The lowest BCUT2D eigenvalue weighted by atomic mass is 10.1. The molecule has 0 unspecified atom stereocenters. The lowest BCUT2D eigenvalue weighted by Crippen LogP contribution is -2.24. The van der Waals surface area contributed by atoms with Gasteiger partial charge >= 0.3 is 0 Å². The number of rotatable bonds is 4. The second-order valence-corrected chi connectivity index (χ2v) is 3.94. The van der Waals surface area contributed by atoms with Crippen molar-refractivity contribution < 1.29 is 13.2 Å². The summed E-state index contributed by atoms with van der Waals surface area (Å²) >= 11 is 0. The van der Waals surface area contributed by atoms with Gasteiger partial charge < -0.3 is 5.73 Å². The Kier molecular flexibility index (Phi) is 5.69.